The van der Waals surface area contributed by atoms with Crippen molar-refractivity contribution in [3.8, 4) is 6.07 Å². The molecule has 0 spiro atoms. The molecule has 80 valence electrons. The molecule has 0 bridgehead atoms. The molecule has 2 atom stereocenters. The molecule has 1 saturated carbocycles. The van der Waals surface area contributed by atoms with E-state index in [9.17, 15) is 5.26 Å². The molecule has 2 nitrogen and oxygen atoms in total. The van der Waals surface area contributed by atoms with Gasteiger partial charge in [0.05, 0.1) is 16.5 Å². The number of aryl methyl sites for hydroxylation is 1. The van der Waals surface area contributed by atoms with Gasteiger partial charge in [0.25, 0.3) is 0 Å². The number of rotatable bonds is 2. The van der Waals surface area contributed by atoms with Crippen LogP contribution in [0.2, 0.25) is 0 Å². The number of hydrogen-bond donors (Lipinski definition) is 0. The van der Waals surface area contributed by atoms with Crippen molar-refractivity contribution >= 4 is 11.3 Å². The Bertz CT molecular complexity index is 391. The second-order valence-electron chi connectivity index (χ2n) is 4.80. The zero-order valence-corrected chi connectivity index (χ0v) is 10.1. The molecule has 0 aromatic carbocycles. The van der Waals surface area contributed by atoms with Crippen LogP contribution >= 0.6 is 11.3 Å². The van der Waals surface area contributed by atoms with E-state index in [-0.39, 0.29) is 5.41 Å². The van der Waals surface area contributed by atoms with Gasteiger partial charge in [-0.1, -0.05) is 6.92 Å². The minimum absolute atomic E-state index is 0.121. The zero-order chi connectivity index (χ0) is 10.9. The number of thiazole rings is 1. The Labute approximate surface area is 95.0 Å². The second kappa shape index (κ2) is 3.94. The molecule has 1 aliphatic rings. The lowest BCUT2D eigenvalue weighted by molar-refractivity contribution is 0.390. The van der Waals surface area contributed by atoms with Gasteiger partial charge in [-0.3, -0.25) is 0 Å². The van der Waals surface area contributed by atoms with Crippen LogP contribution in [0.15, 0.2) is 5.38 Å². The highest BCUT2D eigenvalue weighted by molar-refractivity contribution is 7.09. The van der Waals surface area contributed by atoms with Gasteiger partial charge in [0, 0.05) is 17.5 Å². The third-order valence-corrected chi connectivity index (χ3v) is 4.21. The summed E-state index contributed by atoms with van der Waals surface area (Å²) in [5, 5.41) is 12.5. The molecule has 2 unspecified atom stereocenters. The second-order valence-corrected chi connectivity index (χ2v) is 5.74. The van der Waals surface area contributed by atoms with Crippen molar-refractivity contribution in [3.05, 3.63) is 16.1 Å². The molecule has 0 N–H and O–H groups in total. The average molecular weight is 220 g/mol. The van der Waals surface area contributed by atoms with Crippen LogP contribution in [-0.4, -0.2) is 4.98 Å². The van der Waals surface area contributed by atoms with Crippen LogP contribution in [0.4, 0.5) is 0 Å². The van der Waals surface area contributed by atoms with Crippen molar-refractivity contribution < 1.29 is 0 Å². The van der Waals surface area contributed by atoms with Gasteiger partial charge in [0.15, 0.2) is 0 Å². The molecule has 15 heavy (non-hydrogen) atoms. The molecule has 0 amide bonds. The fourth-order valence-electron chi connectivity index (χ4n) is 2.47. The van der Waals surface area contributed by atoms with Crippen LogP contribution < -0.4 is 0 Å². The Kier molecular flexibility index (Phi) is 2.79. The van der Waals surface area contributed by atoms with Gasteiger partial charge >= 0.3 is 0 Å². The Balaban J connectivity index is 2.13. The van der Waals surface area contributed by atoms with Crippen molar-refractivity contribution in [2.75, 3.05) is 0 Å². The fourth-order valence-corrected chi connectivity index (χ4v) is 3.38. The van der Waals surface area contributed by atoms with Crippen LogP contribution in [0, 0.1) is 29.6 Å². The van der Waals surface area contributed by atoms with E-state index in [1.165, 1.54) is 6.42 Å². The Morgan fingerprint density at radius 3 is 3.00 bits per heavy atom. The maximum atomic E-state index is 9.33. The van der Waals surface area contributed by atoms with E-state index in [4.69, 9.17) is 0 Å². The van der Waals surface area contributed by atoms with E-state index in [0.717, 1.165) is 30.0 Å². The molecular weight excluding hydrogens is 204 g/mol. The Morgan fingerprint density at radius 1 is 1.73 bits per heavy atom. The van der Waals surface area contributed by atoms with Gasteiger partial charge in [0.1, 0.15) is 0 Å². The molecule has 0 saturated heterocycles. The van der Waals surface area contributed by atoms with Crippen LogP contribution in [0.1, 0.15) is 36.9 Å². The predicted molar refractivity (Wildman–Crippen MR) is 61.6 cm³/mol. The summed E-state index contributed by atoms with van der Waals surface area (Å²) in [4.78, 5) is 4.46. The summed E-state index contributed by atoms with van der Waals surface area (Å²) in [6.45, 7) is 4.25. The van der Waals surface area contributed by atoms with Crippen LogP contribution in [-0.2, 0) is 6.42 Å². The summed E-state index contributed by atoms with van der Waals surface area (Å²) in [6, 6.07) is 2.53. The fraction of sp³-hybridized carbons (Fsp3) is 0.667. The topological polar surface area (TPSA) is 36.7 Å². The minimum Gasteiger partial charge on any atom is -0.247 e. The Hall–Kier alpha value is -0.880. The molecule has 2 rings (SSSR count). The number of aromatic nitrogens is 1. The van der Waals surface area contributed by atoms with Gasteiger partial charge in [-0.25, -0.2) is 4.98 Å². The molecule has 1 heterocycles. The van der Waals surface area contributed by atoms with E-state index in [1.807, 2.05) is 6.92 Å². The number of nitrogens with zero attached hydrogens (tertiary/aromatic N) is 2. The van der Waals surface area contributed by atoms with Crippen molar-refractivity contribution in [2.45, 2.75) is 39.5 Å². The Morgan fingerprint density at radius 2 is 2.53 bits per heavy atom. The van der Waals surface area contributed by atoms with Crippen molar-refractivity contribution in [3.63, 3.8) is 0 Å². The summed E-state index contributed by atoms with van der Waals surface area (Å²) in [5.74, 6) is 0.700. The summed E-state index contributed by atoms with van der Waals surface area (Å²) in [6.07, 6.45) is 4.13. The summed E-state index contributed by atoms with van der Waals surface area (Å²) < 4.78 is 0. The first-order chi connectivity index (χ1) is 7.13. The lowest BCUT2D eigenvalue weighted by Gasteiger charge is -2.18. The summed E-state index contributed by atoms with van der Waals surface area (Å²) >= 11 is 1.69. The molecule has 1 aromatic heterocycles. The first-order valence-electron chi connectivity index (χ1n) is 5.46. The normalized spacial score (nSPS) is 30.3. The van der Waals surface area contributed by atoms with Gasteiger partial charge < -0.3 is 0 Å². The predicted octanol–water partition coefficient (Wildman–Crippen LogP) is 3.32. The van der Waals surface area contributed by atoms with E-state index >= 15 is 0 Å². The van der Waals surface area contributed by atoms with Gasteiger partial charge in [0.2, 0.25) is 0 Å². The van der Waals surface area contributed by atoms with Gasteiger partial charge in [-0.05, 0) is 32.1 Å². The lowest BCUT2D eigenvalue weighted by atomic mass is 9.84. The van der Waals surface area contributed by atoms with E-state index in [2.05, 4.69) is 23.4 Å². The van der Waals surface area contributed by atoms with E-state index in [1.54, 1.807) is 11.3 Å². The van der Waals surface area contributed by atoms with Crippen LogP contribution in [0.25, 0.3) is 0 Å². The van der Waals surface area contributed by atoms with Crippen LogP contribution in [0.3, 0.4) is 0 Å². The van der Waals surface area contributed by atoms with E-state index in [0.29, 0.717) is 5.92 Å². The average Bonchev–Trinajstić information content (AvgIpc) is 2.75. The quantitative estimate of drug-likeness (QED) is 0.766. The van der Waals surface area contributed by atoms with Gasteiger partial charge in [-0.2, -0.15) is 5.26 Å². The standard InChI is InChI=1S/C12H16N2S/c1-9-3-4-12(5-9,8-13)6-11-14-10(2)7-15-11/h7,9H,3-6H2,1-2H3. The molecule has 1 fully saturated rings. The first kappa shape index (κ1) is 10.6. The van der Waals surface area contributed by atoms with Crippen LogP contribution in [0.5, 0.6) is 0 Å². The highest BCUT2D eigenvalue weighted by Gasteiger charge is 2.38. The molecule has 3 heteroatoms. The maximum absolute atomic E-state index is 9.33. The minimum atomic E-state index is -0.121. The SMILES string of the molecule is Cc1csc(CC2(C#N)CCC(C)C2)n1. The third-order valence-electron chi connectivity index (χ3n) is 3.25. The summed E-state index contributed by atoms with van der Waals surface area (Å²) in [7, 11) is 0. The number of nitriles is 1. The monoisotopic (exact) mass is 220 g/mol. The van der Waals surface area contributed by atoms with Gasteiger partial charge in [-0.15, -0.1) is 11.3 Å². The highest BCUT2D eigenvalue weighted by Crippen LogP contribution is 2.43. The lowest BCUT2D eigenvalue weighted by Crippen LogP contribution is -2.17. The molecule has 0 radical (unpaired) electrons. The molecule has 1 aromatic rings. The van der Waals surface area contributed by atoms with Crippen molar-refractivity contribution in [1.82, 2.24) is 4.98 Å². The first-order valence-corrected chi connectivity index (χ1v) is 6.34. The largest absolute Gasteiger partial charge is 0.247 e. The zero-order valence-electron chi connectivity index (χ0n) is 9.29. The third kappa shape index (κ3) is 2.21. The smallest absolute Gasteiger partial charge is 0.0944 e. The van der Waals surface area contributed by atoms with Crippen molar-refractivity contribution in [1.29, 1.82) is 5.26 Å². The summed E-state index contributed by atoms with van der Waals surface area (Å²) in [5.41, 5.74) is 0.957. The number of hydrogen-bond acceptors (Lipinski definition) is 3. The molecule has 0 aliphatic heterocycles. The molecular formula is C12H16N2S. The molecule has 1 aliphatic carbocycles. The highest BCUT2D eigenvalue weighted by atomic mass is 32.1. The van der Waals surface area contributed by atoms with E-state index < -0.39 is 0 Å². The van der Waals surface area contributed by atoms with Crippen molar-refractivity contribution in [2.24, 2.45) is 11.3 Å². The maximum Gasteiger partial charge on any atom is 0.0944 e.